The Morgan fingerprint density at radius 2 is 1.85 bits per heavy atom. The van der Waals surface area contributed by atoms with Crippen molar-refractivity contribution in [1.29, 1.82) is 0 Å². The lowest BCUT2D eigenvalue weighted by Crippen LogP contribution is -2.19. The highest BCUT2D eigenvalue weighted by Gasteiger charge is 2.28. The number of aliphatic hydroxyl groups excluding tert-OH is 1. The highest BCUT2D eigenvalue weighted by atomic mass is 19.4. The molecular weight excluding hydrogens is 269 g/mol. The molecule has 0 atom stereocenters. The summed E-state index contributed by atoms with van der Waals surface area (Å²) in [4.78, 5) is 0. The van der Waals surface area contributed by atoms with Gasteiger partial charge in [-0.25, -0.2) is 0 Å². The molecule has 0 saturated carbocycles. The lowest BCUT2D eigenvalue weighted by atomic mass is 10.0. The molecule has 0 saturated heterocycles. The summed E-state index contributed by atoms with van der Waals surface area (Å²) in [7, 11) is 0. The number of benzene rings is 2. The summed E-state index contributed by atoms with van der Waals surface area (Å²) in [5.74, 6) is 5.15. The van der Waals surface area contributed by atoms with E-state index in [0.29, 0.717) is 10.9 Å². The normalized spacial score (nSPS) is 11.0. The molecular formula is C15H11F3O2. The summed E-state index contributed by atoms with van der Waals surface area (Å²) in [6.45, 7) is -1.75. The van der Waals surface area contributed by atoms with E-state index < -0.39 is 12.8 Å². The number of hydrogen-bond donors (Lipinski definition) is 1. The van der Waals surface area contributed by atoms with Crippen molar-refractivity contribution in [2.75, 3.05) is 13.2 Å². The zero-order chi connectivity index (χ0) is 14.6. The average Bonchev–Trinajstić information content (AvgIpc) is 2.42. The molecule has 5 heteroatoms. The number of fused-ring (bicyclic) bond motifs is 1. The van der Waals surface area contributed by atoms with Gasteiger partial charge in [0, 0.05) is 5.39 Å². The van der Waals surface area contributed by atoms with Crippen molar-refractivity contribution < 1.29 is 23.0 Å². The maximum absolute atomic E-state index is 12.2. The first kappa shape index (κ1) is 14.2. The first-order valence-corrected chi connectivity index (χ1v) is 5.82. The third kappa shape index (κ3) is 3.43. The fraction of sp³-hybridized carbons (Fsp3) is 0.200. The molecule has 0 aliphatic carbocycles. The number of rotatable bonds is 2. The molecule has 0 heterocycles. The van der Waals surface area contributed by atoms with Gasteiger partial charge in [0.15, 0.2) is 6.61 Å². The highest BCUT2D eigenvalue weighted by molar-refractivity contribution is 5.90. The van der Waals surface area contributed by atoms with Gasteiger partial charge in [0.25, 0.3) is 0 Å². The largest absolute Gasteiger partial charge is 0.483 e. The molecule has 2 nitrogen and oxygen atoms in total. The van der Waals surface area contributed by atoms with Gasteiger partial charge in [0.2, 0.25) is 0 Å². The Bertz CT molecular complexity index is 666. The van der Waals surface area contributed by atoms with Crippen molar-refractivity contribution in [2.24, 2.45) is 0 Å². The van der Waals surface area contributed by atoms with Crippen LogP contribution in [-0.4, -0.2) is 24.5 Å². The minimum Gasteiger partial charge on any atom is -0.483 e. The molecule has 1 N–H and O–H groups in total. The van der Waals surface area contributed by atoms with Gasteiger partial charge < -0.3 is 9.84 Å². The Hall–Kier alpha value is -2.19. The monoisotopic (exact) mass is 280 g/mol. The number of alkyl halides is 3. The predicted molar refractivity (Wildman–Crippen MR) is 69.5 cm³/mol. The average molecular weight is 280 g/mol. The molecule has 0 aromatic heterocycles. The van der Waals surface area contributed by atoms with Crippen LogP contribution in [0.4, 0.5) is 13.2 Å². The minimum absolute atomic E-state index is 0.0574. The Balaban J connectivity index is 2.47. The summed E-state index contributed by atoms with van der Waals surface area (Å²) in [5.41, 5.74) is 0.349. The van der Waals surface area contributed by atoms with Crippen LogP contribution in [0.5, 0.6) is 5.75 Å². The van der Waals surface area contributed by atoms with Crippen molar-refractivity contribution >= 4 is 10.8 Å². The first-order valence-electron chi connectivity index (χ1n) is 5.82. The van der Waals surface area contributed by atoms with E-state index in [1.165, 1.54) is 6.07 Å². The van der Waals surface area contributed by atoms with Crippen molar-refractivity contribution in [3.05, 3.63) is 42.0 Å². The van der Waals surface area contributed by atoms with Gasteiger partial charge in [-0.3, -0.25) is 0 Å². The van der Waals surface area contributed by atoms with E-state index in [-0.39, 0.29) is 12.4 Å². The van der Waals surface area contributed by atoms with E-state index >= 15 is 0 Å². The molecule has 0 bridgehead atoms. The van der Waals surface area contributed by atoms with Crippen LogP contribution in [0.2, 0.25) is 0 Å². The molecule has 20 heavy (non-hydrogen) atoms. The molecule has 0 amide bonds. The number of halogens is 3. The quantitative estimate of drug-likeness (QED) is 0.856. The lowest BCUT2D eigenvalue weighted by molar-refractivity contribution is -0.153. The minimum atomic E-state index is -4.41. The summed E-state index contributed by atoms with van der Waals surface area (Å²) >= 11 is 0. The maximum atomic E-state index is 12.2. The third-order valence-electron chi connectivity index (χ3n) is 2.57. The maximum Gasteiger partial charge on any atom is 0.422 e. The van der Waals surface area contributed by atoms with Gasteiger partial charge in [0.05, 0.1) is 5.56 Å². The van der Waals surface area contributed by atoms with Crippen molar-refractivity contribution in [3.8, 4) is 17.6 Å². The van der Waals surface area contributed by atoms with E-state index in [1.807, 2.05) is 12.1 Å². The second-order valence-corrected chi connectivity index (χ2v) is 4.02. The number of hydrogen-bond acceptors (Lipinski definition) is 2. The van der Waals surface area contributed by atoms with Crippen LogP contribution in [0.25, 0.3) is 10.8 Å². The van der Waals surface area contributed by atoms with Gasteiger partial charge in [0.1, 0.15) is 12.4 Å². The van der Waals surface area contributed by atoms with E-state index in [4.69, 9.17) is 9.84 Å². The molecule has 0 unspecified atom stereocenters. The molecule has 0 spiro atoms. The van der Waals surface area contributed by atoms with E-state index in [0.717, 1.165) is 5.39 Å². The van der Waals surface area contributed by atoms with Gasteiger partial charge in [-0.05, 0) is 11.5 Å². The summed E-state index contributed by atoms with van der Waals surface area (Å²) in [6.07, 6.45) is -4.41. The van der Waals surface area contributed by atoms with E-state index in [1.54, 1.807) is 18.2 Å². The SMILES string of the molecule is OCC#Cc1c(OCC(F)(F)F)ccc2ccccc12. The molecule has 0 aliphatic heterocycles. The summed E-state index contributed by atoms with van der Waals surface area (Å²) < 4.78 is 41.5. The van der Waals surface area contributed by atoms with Crippen LogP contribution >= 0.6 is 0 Å². The van der Waals surface area contributed by atoms with Crippen molar-refractivity contribution in [2.45, 2.75) is 6.18 Å². The predicted octanol–water partition coefficient (Wildman–Crippen LogP) is 3.12. The van der Waals surface area contributed by atoms with Crippen LogP contribution in [0, 0.1) is 11.8 Å². The van der Waals surface area contributed by atoms with Gasteiger partial charge >= 0.3 is 6.18 Å². The molecule has 2 rings (SSSR count). The van der Waals surface area contributed by atoms with Crippen LogP contribution in [0.15, 0.2) is 36.4 Å². The molecule has 0 radical (unpaired) electrons. The topological polar surface area (TPSA) is 29.5 Å². The van der Waals surface area contributed by atoms with Gasteiger partial charge in [-0.1, -0.05) is 42.2 Å². The van der Waals surface area contributed by atoms with Crippen LogP contribution in [0.1, 0.15) is 5.56 Å². The summed E-state index contributed by atoms with van der Waals surface area (Å²) in [6, 6.07) is 10.3. The molecule has 2 aromatic rings. The summed E-state index contributed by atoms with van der Waals surface area (Å²) in [5, 5.41) is 10.3. The van der Waals surface area contributed by atoms with Gasteiger partial charge in [-0.2, -0.15) is 13.2 Å². The second kappa shape index (κ2) is 5.85. The Kier molecular flexibility index (Phi) is 4.16. The Labute approximate surface area is 113 Å². The van der Waals surface area contributed by atoms with E-state index in [9.17, 15) is 13.2 Å². The third-order valence-corrected chi connectivity index (χ3v) is 2.57. The lowest BCUT2D eigenvalue weighted by Gasteiger charge is -2.12. The second-order valence-electron chi connectivity index (χ2n) is 4.02. The zero-order valence-corrected chi connectivity index (χ0v) is 10.4. The van der Waals surface area contributed by atoms with Crippen LogP contribution in [-0.2, 0) is 0 Å². The Morgan fingerprint density at radius 3 is 2.55 bits per heavy atom. The molecule has 104 valence electrons. The fourth-order valence-electron chi connectivity index (χ4n) is 1.79. The smallest absolute Gasteiger partial charge is 0.422 e. The molecule has 0 fully saturated rings. The standard InChI is InChI=1S/C15H11F3O2/c16-15(17,18)10-20-14-8-7-11-4-1-2-5-12(11)13(14)6-3-9-19/h1-2,4-5,7-8,19H,9-10H2. The van der Waals surface area contributed by atoms with Crippen LogP contribution < -0.4 is 4.74 Å². The first-order chi connectivity index (χ1) is 9.51. The zero-order valence-electron chi connectivity index (χ0n) is 10.4. The molecule has 2 aromatic carbocycles. The number of ether oxygens (including phenoxy) is 1. The highest BCUT2D eigenvalue weighted by Crippen LogP contribution is 2.28. The van der Waals surface area contributed by atoms with Crippen molar-refractivity contribution in [1.82, 2.24) is 0 Å². The van der Waals surface area contributed by atoms with E-state index in [2.05, 4.69) is 11.8 Å². The van der Waals surface area contributed by atoms with Gasteiger partial charge in [-0.15, -0.1) is 0 Å². The fourth-order valence-corrected chi connectivity index (χ4v) is 1.79. The Morgan fingerprint density at radius 1 is 1.10 bits per heavy atom. The molecule has 0 aliphatic rings. The van der Waals surface area contributed by atoms with Crippen LogP contribution in [0.3, 0.4) is 0 Å². The van der Waals surface area contributed by atoms with Crippen molar-refractivity contribution in [3.63, 3.8) is 0 Å². The number of aliphatic hydroxyl groups is 1.